The Kier molecular flexibility index (Phi) is 6.05. The zero-order valence-electron chi connectivity index (χ0n) is 13.0. The van der Waals surface area contributed by atoms with Crippen molar-refractivity contribution in [1.82, 2.24) is 4.90 Å². The van der Waals surface area contributed by atoms with E-state index in [9.17, 15) is 4.79 Å². The maximum Gasteiger partial charge on any atom is 0.306 e. The summed E-state index contributed by atoms with van der Waals surface area (Å²) in [5.41, 5.74) is 0. The molecule has 1 fully saturated rings. The number of ether oxygens (including phenoxy) is 2. The molecular formula is C17H25NO3. The van der Waals surface area contributed by atoms with Crippen LogP contribution in [0.3, 0.4) is 0 Å². The lowest BCUT2D eigenvalue weighted by atomic mass is 9.91. The molecule has 1 aliphatic carbocycles. The standard InChI is InChI=1S/C17H25NO3/c1-18(13-12-17(19)20-2)15-10-6-7-11-16(15)21-14-8-4-3-5-9-14/h3-5,8-9,15-16H,6-7,10-13H2,1-2H3/t15-,16+/m0/s1. The Morgan fingerprint density at radius 3 is 2.67 bits per heavy atom. The van der Waals surface area contributed by atoms with Crippen LogP contribution in [-0.2, 0) is 9.53 Å². The van der Waals surface area contributed by atoms with Crippen molar-refractivity contribution < 1.29 is 14.3 Å². The zero-order valence-corrected chi connectivity index (χ0v) is 13.0. The normalized spacial score (nSPS) is 22.0. The molecule has 0 spiro atoms. The third-order valence-electron chi connectivity index (χ3n) is 4.16. The largest absolute Gasteiger partial charge is 0.489 e. The van der Waals surface area contributed by atoms with Gasteiger partial charge in [-0.1, -0.05) is 24.6 Å². The number of methoxy groups -OCH3 is 1. The van der Waals surface area contributed by atoms with E-state index in [2.05, 4.69) is 11.9 Å². The molecule has 4 nitrogen and oxygen atoms in total. The lowest BCUT2D eigenvalue weighted by Gasteiger charge is -2.37. The van der Waals surface area contributed by atoms with Gasteiger partial charge in [-0.25, -0.2) is 0 Å². The number of carbonyl (C=O) groups excluding carboxylic acids is 1. The van der Waals surface area contributed by atoms with Crippen molar-refractivity contribution in [3.05, 3.63) is 30.3 Å². The second-order valence-electron chi connectivity index (χ2n) is 5.63. The number of hydrogen-bond acceptors (Lipinski definition) is 4. The van der Waals surface area contributed by atoms with Gasteiger partial charge in [0.2, 0.25) is 0 Å². The van der Waals surface area contributed by atoms with Gasteiger partial charge in [0.25, 0.3) is 0 Å². The minimum atomic E-state index is -0.154. The van der Waals surface area contributed by atoms with Crippen LogP contribution >= 0.6 is 0 Å². The monoisotopic (exact) mass is 291 g/mol. The molecule has 0 radical (unpaired) electrons. The molecule has 0 amide bonds. The maximum absolute atomic E-state index is 11.3. The molecule has 1 aromatic carbocycles. The molecule has 4 heteroatoms. The molecule has 2 atom stereocenters. The molecule has 0 saturated heterocycles. The van der Waals surface area contributed by atoms with Crippen molar-refractivity contribution in [2.45, 2.75) is 44.2 Å². The zero-order chi connectivity index (χ0) is 15.1. The maximum atomic E-state index is 11.3. The van der Waals surface area contributed by atoms with Gasteiger partial charge in [-0.2, -0.15) is 0 Å². The van der Waals surface area contributed by atoms with E-state index in [1.54, 1.807) is 0 Å². The summed E-state index contributed by atoms with van der Waals surface area (Å²) in [5.74, 6) is 0.772. The van der Waals surface area contributed by atoms with E-state index in [0.29, 0.717) is 19.0 Å². The molecule has 1 saturated carbocycles. The summed E-state index contributed by atoms with van der Waals surface area (Å²) >= 11 is 0. The second-order valence-corrected chi connectivity index (χ2v) is 5.63. The highest BCUT2D eigenvalue weighted by Crippen LogP contribution is 2.26. The Labute approximate surface area is 127 Å². The van der Waals surface area contributed by atoms with E-state index in [1.807, 2.05) is 30.3 Å². The van der Waals surface area contributed by atoms with Crippen molar-refractivity contribution >= 4 is 5.97 Å². The number of para-hydroxylation sites is 1. The van der Waals surface area contributed by atoms with Crippen molar-refractivity contribution in [3.8, 4) is 5.75 Å². The van der Waals surface area contributed by atoms with E-state index in [4.69, 9.17) is 9.47 Å². The summed E-state index contributed by atoms with van der Waals surface area (Å²) in [5, 5.41) is 0. The predicted octanol–water partition coefficient (Wildman–Crippen LogP) is 2.87. The third kappa shape index (κ3) is 4.74. The topological polar surface area (TPSA) is 38.8 Å². The van der Waals surface area contributed by atoms with Crippen LogP contribution in [0.2, 0.25) is 0 Å². The lowest BCUT2D eigenvalue weighted by Crippen LogP contribution is -2.46. The number of nitrogens with zero attached hydrogens (tertiary/aromatic N) is 1. The van der Waals surface area contributed by atoms with Crippen LogP contribution in [0.15, 0.2) is 30.3 Å². The number of likely N-dealkylation sites (N-methyl/N-ethyl adjacent to an activating group) is 1. The highest BCUT2D eigenvalue weighted by Gasteiger charge is 2.30. The Hall–Kier alpha value is -1.55. The molecule has 0 N–H and O–H groups in total. The molecule has 1 aromatic rings. The van der Waals surface area contributed by atoms with E-state index in [1.165, 1.54) is 20.0 Å². The summed E-state index contributed by atoms with van der Waals surface area (Å²) in [7, 11) is 3.50. The van der Waals surface area contributed by atoms with Gasteiger partial charge < -0.3 is 9.47 Å². The van der Waals surface area contributed by atoms with Crippen molar-refractivity contribution in [2.24, 2.45) is 0 Å². The minimum Gasteiger partial charge on any atom is -0.489 e. The van der Waals surface area contributed by atoms with Gasteiger partial charge in [-0.05, 0) is 38.4 Å². The van der Waals surface area contributed by atoms with Gasteiger partial charge in [-0.15, -0.1) is 0 Å². The molecule has 2 rings (SSSR count). The Morgan fingerprint density at radius 1 is 1.24 bits per heavy atom. The molecule has 0 aliphatic heterocycles. The molecule has 0 unspecified atom stereocenters. The third-order valence-corrected chi connectivity index (χ3v) is 4.16. The fraction of sp³-hybridized carbons (Fsp3) is 0.588. The van der Waals surface area contributed by atoms with Gasteiger partial charge in [0.15, 0.2) is 0 Å². The molecule has 1 aliphatic rings. The number of esters is 1. The quantitative estimate of drug-likeness (QED) is 0.756. The highest BCUT2D eigenvalue weighted by molar-refractivity contribution is 5.69. The Morgan fingerprint density at radius 2 is 1.95 bits per heavy atom. The summed E-state index contributed by atoms with van der Waals surface area (Å²) < 4.78 is 10.9. The second kappa shape index (κ2) is 8.03. The van der Waals surface area contributed by atoms with E-state index in [0.717, 1.165) is 18.6 Å². The van der Waals surface area contributed by atoms with Crippen LogP contribution < -0.4 is 4.74 Å². The van der Waals surface area contributed by atoms with Crippen LogP contribution in [0.4, 0.5) is 0 Å². The molecule has 116 valence electrons. The fourth-order valence-electron chi connectivity index (χ4n) is 2.93. The fourth-order valence-corrected chi connectivity index (χ4v) is 2.93. The highest BCUT2D eigenvalue weighted by atomic mass is 16.5. The summed E-state index contributed by atoms with van der Waals surface area (Å²) in [6, 6.07) is 10.3. The minimum absolute atomic E-state index is 0.154. The first-order valence-electron chi connectivity index (χ1n) is 7.69. The molecule has 0 bridgehead atoms. The van der Waals surface area contributed by atoms with Crippen molar-refractivity contribution in [1.29, 1.82) is 0 Å². The summed E-state index contributed by atoms with van der Waals surface area (Å²) in [6.45, 7) is 0.714. The Bertz CT molecular complexity index is 435. The first-order chi connectivity index (χ1) is 10.2. The van der Waals surface area contributed by atoms with Crippen LogP contribution in [0.25, 0.3) is 0 Å². The number of carbonyl (C=O) groups is 1. The summed E-state index contributed by atoms with van der Waals surface area (Å²) in [6.07, 6.45) is 5.25. The first kappa shape index (κ1) is 15.8. The van der Waals surface area contributed by atoms with Crippen LogP contribution in [0, 0.1) is 0 Å². The van der Waals surface area contributed by atoms with Crippen molar-refractivity contribution in [3.63, 3.8) is 0 Å². The SMILES string of the molecule is COC(=O)CCN(C)[C@H]1CCCC[C@H]1Oc1ccccc1. The lowest BCUT2D eigenvalue weighted by molar-refractivity contribution is -0.141. The van der Waals surface area contributed by atoms with E-state index >= 15 is 0 Å². The van der Waals surface area contributed by atoms with Crippen molar-refractivity contribution in [2.75, 3.05) is 20.7 Å². The van der Waals surface area contributed by atoms with Crippen LogP contribution in [-0.4, -0.2) is 43.7 Å². The predicted molar refractivity (Wildman–Crippen MR) is 82.4 cm³/mol. The Balaban J connectivity index is 1.93. The van der Waals surface area contributed by atoms with Gasteiger partial charge in [0.05, 0.1) is 13.5 Å². The van der Waals surface area contributed by atoms with E-state index in [-0.39, 0.29) is 12.1 Å². The van der Waals surface area contributed by atoms with Gasteiger partial charge in [0, 0.05) is 12.6 Å². The number of hydrogen-bond donors (Lipinski definition) is 0. The first-order valence-corrected chi connectivity index (χ1v) is 7.69. The van der Waals surface area contributed by atoms with Crippen LogP contribution in [0.5, 0.6) is 5.75 Å². The molecule has 0 heterocycles. The molecule has 0 aromatic heterocycles. The number of benzene rings is 1. The molecular weight excluding hydrogens is 266 g/mol. The smallest absolute Gasteiger partial charge is 0.306 e. The number of rotatable bonds is 6. The van der Waals surface area contributed by atoms with Gasteiger partial charge >= 0.3 is 5.97 Å². The van der Waals surface area contributed by atoms with E-state index < -0.39 is 0 Å². The van der Waals surface area contributed by atoms with Gasteiger partial charge in [0.1, 0.15) is 11.9 Å². The molecule has 21 heavy (non-hydrogen) atoms. The summed E-state index contributed by atoms with van der Waals surface area (Å²) in [4.78, 5) is 13.5. The average molecular weight is 291 g/mol. The van der Waals surface area contributed by atoms with Gasteiger partial charge in [-0.3, -0.25) is 9.69 Å². The van der Waals surface area contributed by atoms with Crippen LogP contribution in [0.1, 0.15) is 32.1 Å². The average Bonchev–Trinajstić information content (AvgIpc) is 2.53.